The Kier molecular flexibility index (Phi) is 5.22. The summed E-state index contributed by atoms with van der Waals surface area (Å²) < 4.78 is 27.1. The molecule has 2 heteroatoms. The minimum absolute atomic E-state index is 0.201. The molecule has 0 aliphatic heterocycles. The molecule has 4 rings (SSSR count). The van der Waals surface area contributed by atoms with Gasteiger partial charge in [0.25, 0.3) is 0 Å². The van der Waals surface area contributed by atoms with E-state index in [4.69, 9.17) is 0 Å². The lowest BCUT2D eigenvalue weighted by Crippen LogP contribution is -1.85. The molecule has 0 radical (unpaired) electrons. The smallest absolute Gasteiger partial charge is 0.126 e. The van der Waals surface area contributed by atoms with Crippen LogP contribution < -0.4 is 0 Å². The van der Waals surface area contributed by atoms with Crippen LogP contribution >= 0.6 is 0 Å². The third-order valence-electron chi connectivity index (χ3n) is 4.78. The normalized spacial score (nSPS) is 10.3. The topological polar surface area (TPSA) is 0 Å². The third-order valence-corrected chi connectivity index (χ3v) is 4.78. The number of hydrogen-bond donors (Lipinski definition) is 0. The van der Waals surface area contributed by atoms with Crippen LogP contribution in [0.1, 0.15) is 16.7 Å². The van der Waals surface area contributed by atoms with Crippen LogP contribution in [0.5, 0.6) is 0 Å². The van der Waals surface area contributed by atoms with E-state index in [0.29, 0.717) is 5.56 Å². The van der Waals surface area contributed by atoms with Crippen LogP contribution in [0.3, 0.4) is 0 Å². The molecule has 29 heavy (non-hydrogen) atoms. The summed E-state index contributed by atoms with van der Waals surface area (Å²) in [6, 6.07) is 27.3. The van der Waals surface area contributed by atoms with Gasteiger partial charge < -0.3 is 0 Å². The molecule has 0 bridgehead atoms. The molecule has 0 aliphatic carbocycles. The fraction of sp³-hybridized carbons (Fsp3) is 0.0370. The Balaban J connectivity index is 1.51. The molecule has 0 unspecified atom stereocenters. The van der Waals surface area contributed by atoms with Gasteiger partial charge in [-0.15, -0.1) is 0 Å². The molecule has 0 fully saturated rings. The van der Waals surface area contributed by atoms with Gasteiger partial charge in [0.1, 0.15) is 11.6 Å². The van der Waals surface area contributed by atoms with Crippen molar-refractivity contribution in [3.8, 4) is 34.1 Å². The fourth-order valence-electron chi connectivity index (χ4n) is 3.08. The molecule has 4 aromatic carbocycles. The molecule has 0 aliphatic rings. The SMILES string of the molecule is Cc1ccc(-c2ccc(C#Cc3ccc(-c4cccc(F)c4)cc3)cc2)cc1F. The molecule has 0 saturated heterocycles. The van der Waals surface area contributed by atoms with E-state index in [-0.39, 0.29) is 11.6 Å². The van der Waals surface area contributed by atoms with E-state index in [1.54, 1.807) is 25.1 Å². The first-order valence-corrected chi connectivity index (χ1v) is 9.33. The maximum Gasteiger partial charge on any atom is 0.126 e. The Labute approximate surface area is 169 Å². The Morgan fingerprint density at radius 3 is 1.59 bits per heavy atom. The summed E-state index contributed by atoms with van der Waals surface area (Å²) in [5.41, 5.74) is 6.00. The van der Waals surface area contributed by atoms with Gasteiger partial charge in [-0.2, -0.15) is 0 Å². The molecule has 0 N–H and O–H groups in total. The van der Waals surface area contributed by atoms with E-state index < -0.39 is 0 Å². The van der Waals surface area contributed by atoms with Gasteiger partial charge in [-0.1, -0.05) is 60.4 Å². The van der Waals surface area contributed by atoms with Crippen molar-refractivity contribution in [2.45, 2.75) is 6.92 Å². The van der Waals surface area contributed by atoms with Crippen molar-refractivity contribution < 1.29 is 8.78 Å². The second kappa shape index (κ2) is 8.12. The summed E-state index contributed by atoms with van der Waals surface area (Å²) in [5.74, 6) is 5.84. The van der Waals surface area contributed by atoms with Crippen molar-refractivity contribution in [1.29, 1.82) is 0 Å². The highest BCUT2D eigenvalue weighted by Gasteiger charge is 2.02. The van der Waals surface area contributed by atoms with Crippen molar-refractivity contribution >= 4 is 0 Å². The lowest BCUT2D eigenvalue weighted by molar-refractivity contribution is 0.619. The highest BCUT2D eigenvalue weighted by Crippen LogP contribution is 2.23. The third kappa shape index (κ3) is 4.42. The van der Waals surface area contributed by atoms with Crippen LogP contribution in [-0.4, -0.2) is 0 Å². The number of halogens is 2. The van der Waals surface area contributed by atoms with Crippen LogP contribution in [0.2, 0.25) is 0 Å². The van der Waals surface area contributed by atoms with Gasteiger partial charge in [-0.05, 0) is 77.2 Å². The molecule has 0 spiro atoms. The first-order chi connectivity index (χ1) is 14.1. The maximum absolute atomic E-state index is 13.8. The van der Waals surface area contributed by atoms with Gasteiger partial charge in [-0.3, -0.25) is 0 Å². The zero-order valence-corrected chi connectivity index (χ0v) is 15.9. The Hall–Kier alpha value is -3.70. The van der Waals surface area contributed by atoms with Crippen LogP contribution in [0.4, 0.5) is 8.78 Å². The summed E-state index contributed by atoms with van der Waals surface area (Å²) in [7, 11) is 0. The molecular formula is C27H18F2. The van der Waals surface area contributed by atoms with Crippen molar-refractivity contribution in [2.24, 2.45) is 0 Å². The van der Waals surface area contributed by atoms with Crippen LogP contribution in [0, 0.1) is 30.4 Å². The van der Waals surface area contributed by atoms with Crippen molar-refractivity contribution in [3.05, 3.63) is 119 Å². The van der Waals surface area contributed by atoms with Crippen LogP contribution in [0.15, 0.2) is 91.0 Å². The molecule has 140 valence electrons. The highest BCUT2D eigenvalue weighted by molar-refractivity contribution is 5.66. The van der Waals surface area contributed by atoms with E-state index in [2.05, 4.69) is 11.8 Å². The number of benzene rings is 4. The largest absolute Gasteiger partial charge is 0.207 e. The molecular weight excluding hydrogens is 362 g/mol. The Morgan fingerprint density at radius 2 is 1.07 bits per heavy atom. The van der Waals surface area contributed by atoms with Crippen molar-refractivity contribution in [1.82, 2.24) is 0 Å². The predicted molar refractivity (Wildman–Crippen MR) is 114 cm³/mol. The first-order valence-electron chi connectivity index (χ1n) is 9.33. The second-order valence-electron chi connectivity index (χ2n) is 6.88. The Morgan fingerprint density at radius 1 is 0.552 bits per heavy atom. The average molecular weight is 380 g/mol. The molecule has 0 atom stereocenters. The van der Waals surface area contributed by atoms with Crippen LogP contribution in [-0.2, 0) is 0 Å². The van der Waals surface area contributed by atoms with E-state index in [0.717, 1.165) is 33.4 Å². The van der Waals surface area contributed by atoms with Gasteiger partial charge in [-0.25, -0.2) is 8.78 Å². The monoisotopic (exact) mass is 380 g/mol. The molecule has 0 heterocycles. The minimum Gasteiger partial charge on any atom is -0.207 e. The molecule has 0 aromatic heterocycles. The molecule has 4 aromatic rings. The number of aryl methyl sites for hydroxylation is 1. The highest BCUT2D eigenvalue weighted by atomic mass is 19.1. The predicted octanol–water partition coefficient (Wildman–Crippen LogP) is 7.01. The second-order valence-corrected chi connectivity index (χ2v) is 6.88. The zero-order valence-electron chi connectivity index (χ0n) is 15.9. The van der Waals surface area contributed by atoms with Crippen molar-refractivity contribution in [2.75, 3.05) is 0 Å². The number of hydrogen-bond acceptors (Lipinski definition) is 0. The van der Waals surface area contributed by atoms with Crippen LogP contribution in [0.25, 0.3) is 22.3 Å². The minimum atomic E-state index is -0.247. The van der Waals surface area contributed by atoms with Gasteiger partial charge in [0.05, 0.1) is 0 Å². The summed E-state index contributed by atoms with van der Waals surface area (Å²) in [6.07, 6.45) is 0. The van der Waals surface area contributed by atoms with E-state index in [1.807, 2.05) is 60.7 Å². The first kappa shape index (κ1) is 18.7. The maximum atomic E-state index is 13.8. The van der Waals surface area contributed by atoms with Gasteiger partial charge >= 0.3 is 0 Å². The van der Waals surface area contributed by atoms with Gasteiger partial charge in [0, 0.05) is 11.1 Å². The summed E-state index contributed by atoms with van der Waals surface area (Å²) >= 11 is 0. The molecule has 0 nitrogen and oxygen atoms in total. The average Bonchev–Trinajstić information content (AvgIpc) is 2.75. The standard InChI is InChI=1S/C27H18F2/c1-19-5-12-25(18-27(19)29)23-15-10-21(11-16-23)7-6-20-8-13-22(14-9-20)24-3-2-4-26(28)17-24/h2-5,8-18H,1H3. The van der Waals surface area contributed by atoms with Gasteiger partial charge in [0.15, 0.2) is 0 Å². The summed E-state index contributed by atoms with van der Waals surface area (Å²) in [5, 5.41) is 0. The van der Waals surface area contributed by atoms with E-state index >= 15 is 0 Å². The van der Waals surface area contributed by atoms with E-state index in [1.165, 1.54) is 12.1 Å². The Bertz CT molecular complexity index is 1210. The lowest BCUT2D eigenvalue weighted by Gasteiger charge is -2.04. The molecule has 0 amide bonds. The molecule has 0 saturated carbocycles. The van der Waals surface area contributed by atoms with Gasteiger partial charge in [0.2, 0.25) is 0 Å². The number of rotatable bonds is 2. The fourth-order valence-corrected chi connectivity index (χ4v) is 3.08. The summed E-state index contributed by atoms with van der Waals surface area (Å²) in [6.45, 7) is 1.75. The van der Waals surface area contributed by atoms with Crippen molar-refractivity contribution in [3.63, 3.8) is 0 Å². The lowest BCUT2D eigenvalue weighted by atomic mass is 10.0. The zero-order chi connectivity index (χ0) is 20.2. The van der Waals surface area contributed by atoms with E-state index in [9.17, 15) is 8.78 Å². The quantitative estimate of drug-likeness (QED) is 0.328. The summed E-state index contributed by atoms with van der Waals surface area (Å²) in [4.78, 5) is 0.